The molecule has 2 fully saturated rings. The Hall–Kier alpha value is -1.60. The number of hydrogen-bond acceptors (Lipinski definition) is 4. The van der Waals surface area contributed by atoms with Crippen molar-refractivity contribution in [2.75, 3.05) is 18.4 Å². The SMILES string of the molecule is O=C(Nc1ccc(S(=O)(=O)N2CCCCC2)cc1)OC1CCCC1. The van der Waals surface area contributed by atoms with Crippen LogP contribution in [0.1, 0.15) is 44.9 Å². The molecule has 0 aromatic heterocycles. The number of carbonyl (C=O) groups excluding carboxylic acids is 1. The van der Waals surface area contributed by atoms with E-state index in [-0.39, 0.29) is 11.0 Å². The van der Waals surface area contributed by atoms with Crippen molar-refractivity contribution < 1.29 is 17.9 Å². The van der Waals surface area contributed by atoms with Crippen molar-refractivity contribution in [1.82, 2.24) is 4.31 Å². The van der Waals surface area contributed by atoms with E-state index in [1.807, 2.05) is 0 Å². The monoisotopic (exact) mass is 352 g/mol. The van der Waals surface area contributed by atoms with E-state index in [2.05, 4.69) is 5.32 Å². The molecule has 0 unspecified atom stereocenters. The lowest BCUT2D eigenvalue weighted by Gasteiger charge is -2.25. The van der Waals surface area contributed by atoms with Crippen molar-refractivity contribution in [1.29, 1.82) is 0 Å². The van der Waals surface area contributed by atoms with Crippen molar-refractivity contribution in [2.45, 2.75) is 55.9 Å². The van der Waals surface area contributed by atoms with Gasteiger partial charge in [0, 0.05) is 18.8 Å². The zero-order chi connectivity index (χ0) is 17.0. The molecule has 7 heteroatoms. The van der Waals surface area contributed by atoms with Crippen LogP contribution in [0.5, 0.6) is 0 Å². The highest BCUT2D eigenvalue weighted by Gasteiger charge is 2.26. The highest BCUT2D eigenvalue weighted by atomic mass is 32.2. The minimum Gasteiger partial charge on any atom is -0.446 e. The minimum atomic E-state index is -3.44. The van der Waals surface area contributed by atoms with Crippen molar-refractivity contribution in [2.24, 2.45) is 0 Å². The third-order valence-electron chi connectivity index (χ3n) is 4.63. The third kappa shape index (κ3) is 4.08. The fourth-order valence-corrected chi connectivity index (χ4v) is 4.79. The van der Waals surface area contributed by atoms with Gasteiger partial charge in [-0.1, -0.05) is 6.42 Å². The summed E-state index contributed by atoms with van der Waals surface area (Å²) >= 11 is 0. The Bertz CT molecular complexity index is 660. The molecule has 1 N–H and O–H groups in total. The summed E-state index contributed by atoms with van der Waals surface area (Å²) in [7, 11) is -3.44. The molecule has 6 nitrogen and oxygen atoms in total. The molecule has 1 aromatic rings. The number of sulfonamides is 1. The number of anilines is 1. The second-order valence-electron chi connectivity index (χ2n) is 6.43. The summed E-state index contributed by atoms with van der Waals surface area (Å²) in [6, 6.07) is 6.28. The lowest BCUT2D eigenvalue weighted by atomic mass is 10.2. The number of rotatable bonds is 4. The van der Waals surface area contributed by atoms with Crippen molar-refractivity contribution in [3.63, 3.8) is 0 Å². The quantitative estimate of drug-likeness (QED) is 0.901. The van der Waals surface area contributed by atoms with Crippen LogP contribution >= 0.6 is 0 Å². The predicted octanol–water partition coefficient (Wildman–Crippen LogP) is 3.35. The van der Waals surface area contributed by atoms with Crippen molar-refractivity contribution in [3.8, 4) is 0 Å². The lowest BCUT2D eigenvalue weighted by Crippen LogP contribution is -2.35. The molecule has 0 radical (unpaired) electrons. The number of piperidine rings is 1. The number of amides is 1. The fourth-order valence-electron chi connectivity index (χ4n) is 3.27. The van der Waals surface area contributed by atoms with Gasteiger partial charge in [-0.2, -0.15) is 4.31 Å². The fraction of sp³-hybridized carbons (Fsp3) is 0.588. The zero-order valence-electron chi connectivity index (χ0n) is 13.7. The van der Waals surface area contributed by atoms with Gasteiger partial charge in [-0.15, -0.1) is 0 Å². The van der Waals surface area contributed by atoms with E-state index in [4.69, 9.17) is 4.74 Å². The third-order valence-corrected chi connectivity index (χ3v) is 6.54. The molecule has 132 valence electrons. The summed E-state index contributed by atoms with van der Waals surface area (Å²) in [5, 5.41) is 2.66. The van der Waals surface area contributed by atoms with Crippen LogP contribution in [0.15, 0.2) is 29.2 Å². The molecule has 1 aromatic carbocycles. The molecule has 1 heterocycles. The van der Waals surface area contributed by atoms with Gasteiger partial charge < -0.3 is 4.74 Å². The van der Waals surface area contributed by atoms with Gasteiger partial charge in [0.15, 0.2) is 0 Å². The molecule has 1 aliphatic heterocycles. The summed E-state index contributed by atoms with van der Waals surface area (Å²) < 4.78 is 32.0. The van der Waals surface area contributed by atoms with Crippen LogP contribution in [0.25, 0.3) is 0 Å². The summed E-state index contributed by atoms with van der Waals surface area (Å²) in [5.74, 6) is 0. The standard InChI is InChI=1S/C17H24N2O4S/c20-17(23-15-6-2-3-7-15)18-14-8-10-16(11-9-14)24(21,22)19-12-4-1-5-13-19/h8-11,15H,1-7,12-13H2,(H,18,20). The summed E-state index contributed by atoms with van der Waals surface area (Å²) in [6.07, 6.45) is 6.45. The van der Waals surface area contributed by atoms with E-state index < -0.39 is 16.1 Å². The Morgan fingerprint density at radius 2 is 1.62 bits per heavy atom. The van der Waals surface area contributed by atoms with Gasteiger partial charge in [0.25, 0.3) is 0 Å². The van der Waals surface area contributed by atoms with E-state index in [1.165, 1.54) is 16.4 Å². The summed E-state index contributed by atoms with van der Waals surface area (Å²) in [5.41, 5.74) is 0.538. The van der Waals surface area contributed by atoms with Crippen LogP contribution < -0.4 is 5.32 Å². The smallest absolute Gasteiger partial charge is 0.411 e. The summed E-state index contributed by atoms with van der Waals surface area (Å²) in [6.45, 7) is 1.16. The molecule has 24 heavy (non-hydrogen) atoms. The Balaban J connectivity index is 1.61. The molecule has 1 aliphatic carbocycles. The van der Waals surface area contributed by atoms with Gasteiger partial charge in [-0.25, -0.2) is 13.2 Å². The van der Waals surface area contributed by atoms with Gasteiger partial charge in [-0.05, 0) is 62.8 Å². The van der Waals surface area contributed by atoms with Gasteiger partial charge in [0.2, 0.25) is 10.0 Å². The van der Waals surface area contributed by atoms with Crippen molar-refractivity contribution in [3.05, 3.63) is 24.3 Å². The average Bonchev–Trinajstić information content (AvgIpc) is 3.09. The number of ether oxygens (including phenoxy) is 1. The maximum atomic E-state index is 12.6. The van der Waals surface area contributed by atoms with Crippen LogP contribution in [0.4, 0.5) is 10.5 Å². The second-order valence-corrected chi connectivity index (χ2v) is 8.36. The molecule has 0 bridgehead atoms. The summed E-state index contributed by atoms with van der Waals surface area (Å²) in [4.78, 5) is 12.1. The molecule has 0 atom stereocenters. The molecule has 3 rings (SSSR count). The largest absolute Gasteiger partial charge is 0.446 e. The number of nitrogens with zero attached hydrogens (tertiary/aromatic N) is 1. The first-order chi connectivity index (χ1) is 11.6. The Kier molecular flexibility index (Phi) is 5.40. The maximum absolute atomic E-state index is 12.6. The van der Waals surface area contributed by atoms with E-state index in [1.54, 1.807) is 12.1 Å². The maximum Gasteiger partial charge on any atom is 0.411 e. The normalized spacial score (nSPS) is 20.0. The number of benzene rings is 1. The van der Waals surface area contributed by atoms with Crippen LogP contribution in [0.2, 0.25) is 0 Å². The van der Waals surface area contributed by atoms with E-state index >= 15 is 0 Å². The number of carbonyl (C=O) groups is 1. The molecule has 1 saturated heterocycles. The Labute approximate surface area is 143 Å². The molecule has 0 spiro atoms. The first-order valence-electron chi connectivity index (χ1n) is 8.63. The minimum absolute atomic E-state index is 0.00347. The van der Waals surface area contributed by atoms with Crippen LogP contribution in [0, 0.1) is 0 Å². The molecule has 2 aliphatic rings. The topological polar surface area (TPSA) is 75.7 Å². The zero-order valence-corrected chi connectivity index (χ0v) is 14.6. The highest BCUT2D eigenvalue weighted by molar-refractivity contribution is 7.89. The Morgan fingerprint density at radius 3 is 2.25 bits per heavy atom. The first kappa shape index (κ1) is 17.2. The van der Waals surface area contributed by atoms with E-state index in [0.29, 0.717) is 18.8 Å². The van der Waals surface area contributed by atoms with Gasteiger partial charge in [0.05, 0.1) is 4.90 Å². The molecule has 1 saturated carbocycles. The van der Waals surface area contributed by atoms with Crippen molar-refractivity contribution >= 4 is 21.8 Å². The number of nitrogens with one attached hydrogen (secondary N) is 1. The average molecular weight is 352 g/mol. The van der Waals surface area contributed by atoms with Crippen LogP contribution in [0.3, 0.4) is 0 Å². The number of hydrogen-bond donors (Lipinski definition) is 1. The van der Waals surface area contributed by atoms with E-state index in [9.17, 15) is 13.2 Å². The van der Waals surface area contributed by atoms with Crippen LogP contribution in [-0.2, 0) is 14.8 Å². The predicted molar refractivity (Wildman–Crippen MR) is 91.4 cm³/mol. The molecule has 1 amide bonds. The highest BCUT2D eigenvalue weighted by Crippen LogP contribution is 2.23. The van der Waals surface area contributed by atoms with Gasteiger partial charge >= 0.3 is 6.09 Å². The Morgan fingerprint density at radius 1 is 1.00 bits per heavy atom. The van der Waals surface area contributed by atoms with E-state index in [0.717, 1.165) is 44.9 Å². The first-order valence-corrected chi connectivity index (χ1v) is 10.1. The van der Waals surface area contributed by atoms with Gasteiger partial charge in [0.1, 0.15) is 6.10 Å². The van der Waals surface area contributed by atoms with Crippen LogP contribution in [-0.4, -0.2) is 38.0 Å². The second kappa shape index (κ2) is 7.53. The van der Waals surface area contributed by atoms with Gasteiger partial charge in [-0.3, -0.25) is 5.32 Å². The molecular weight excluding hydrogens is 328 g/mol. The lowest BCUT2D eigenvalue weighted by molar-refractivity contribution is 0.114. The molecular formula is C17H24N2O4S.